The molecular formula is C19H30N2O2. The van der Waals surface area contributed by atoms with E-state index in [0.717, 1.165) is 18.5 Å². The molecule has 128 valence electrons. The first-order valence-electron chi connectivity index (χ1n) is 8.34. The molecule has 1 aliphatic heterocycles. The Balaban J connectivity index is 2.34. The smallest absolute Gasteiger partial charge is 0.410 e. The number of nitrogens with two attached hydrogens (primary N) is 1. The number of nitrogens with zero attached hydrogens (tertiary/aromatic N) is 1. The summed E-state index contributed by atoms with van der Waals surface area (Å²) in [4.78, 5) is 14.6. The highest BCUT2D eigenvalue weighted by molar-refractivity contribution is 5.69. The molecule has 0 aliphatic carbocycles. The van der Waals surface area contributed by atoms with Gasteiger partial charge in [0.1, 0.15) is 5.60 Å². The van der Waals surface area contributed by atoms with Crippen molar-refractivity contribution in [2.45, 2.75) is 66.0 Å². The summed E-state index contributed by atoms with van der Waals surface area (Å²) < 4.78 is 5.64. The second-order valence-electron chi connectivity index (χ2n) is 8.54. The summed E-state index contributed by atoms with van der Waals surface area (Å²) in [5.41, 5.74) is 8.74. The van der Waals surface area contributed by atoms with Gasteiger partial charge in [-0.3, -0.25) is 0 Å². The molecule has 0 aromatic heterocycles. The molecule has 1 heterocycles. The van der Waals surface area contributed by atoms with Gasteiger partial charge >= 0.3 is 6.09 Å². The zero-order valence-electron chi connectivity index (χ0n) is 15.3. The van der Waals surface area contributed by atoms with Crippen LogP contribution >= 0.6 is 0 Å². The van der Waals surface area contributed by atoms with E-state index < -0.39 is 5.60 Å². The van der Waals surface area contributed by atoms with Gasteiger partial charge in [-0.2, -0.15) is 0 Å². The fourth-order valence-electron chi connectivity index (χ4n) is 3.11. The molecule has 1 aliphatic rings. The Kier molecular flexibility index (Phi) is 4.65. The molecule has 4 heteroatoms. The average Bonchev–Trinajstić information content (AvgIpc) is 2.55. The lowest BCUT2D eigenvalue weighted by atomic mass is 9.82. The van der Waals surface area contributed by atoms with Crippen molar-refractivity contribution in [3.63, 3.8) is 0 Å². The van der Waals surface area contributed by atoms with E-state index in [4.69, 9.17) is 10.5 Å². The normalized spacial score (nSPS) is 19.0. The molecule has 0 fully saturated rings. The first-order valence-corrected chi connectivity index (χ1v) is 8.34. The summed E-state index contributed by atoms with van der Waals surface area (Å²) in [6.45, 7) is 12.9. The van der Waals surface area contributed by atoms with Gasteiger partial charge in [-0.05, 0) is 62.3 Å². The van der Waals surface area contributed by atoms with Crippen LogP contribution in [-0.2, 0) is 17.6 Å². The number of fused-ring (bicyclic) bond motifs is 1. The highest BCUT2D eigenvalue weighted by atomic mass is 16.6. The summed E-state index contributed by atoms with van der Waals surface area (Å²) in [5, 5.41) is 0. The Morgan fingerprint density at radius 2 is 1.83 bits per heavy atom. The van der Waals surface area contributed by atoms with Gasteiger partial charge in [0.25, 0.3) is 0 Å². The summed E-state index contributed by atoms with van der Waals surface area (Å²) in [6, 6.07) is 6.16. The number of hydrogen-bond acceptors (Lipinski definition) is 3. The van der Waals surface area contributed by atoms with Crippen molar-refractivity contribution in [3.05, 3.63) is 29.3 Å². The number of ether oxygens (including phenoxy) is 1. The van der Waals surface area contributed by atoms with Crippen molar-refractivity contribution >= 4 is 11.8 Å². The third kappa shape index (κ3) is 4.40. The van der Waals surface area contributed by atoms with E-state index in [2.05, 4.69) is 26.8 Å². The maximum Gasteiger partial charge on any atom is 0.410 e. The second-order valence-corrected chi connectivity index (χ2v) is 8.54. The number of anilines is 1. The van der Waals surface area contributed by atoms with E-state index in [0.29, 0.717) is 6.54 Å². The molecule has 1 amide bonds. The maximum absolute atomic E-state index is 12.7. The number of rotatable bonds is 0. The first-order chi connectivity index (χ1) is 10.5. The van der Waals surface area contributed by atoms with Crippen LogP contribution in [0.25, 0.3) is 0 Å². The second kappa shape index (κ2) is 6.06. The van der Waals surface area contributed by atoms with Crippen molar-refractivity contribution in [2.24, 2.45) is 5.41 Å². The van der Waals surface area contributed by atoms with Gasteiger partial charge in [0, 0.05) is 18.3 Å². The molecular weight excluding hydrogens is 288 g/mol. The van der Waals surface area contributed by atoms with E-state index in [9.17, 15) is 4.79 Å². The third-order valence-electron chi connectivity index (χ3n) is 4.27. The topological polar surface area (TPSA) is 55.6 Å². The number of carbonyl (C=O) groups is 1. The van der Waals surface area contributed by atoms with Crippen LogP contribution in [0.4, 0.5) is 10.5 Å². The lowest BCUT2D eigenvalue weighted by Gasteiger charge is -2.39. The average molecular weight is 318 g/mol. The number of hydrogen-bond donors (Lipinski definition) is 1. The Bertz CT molecular complexity index is 582. The minimum Gasteiger partial charge on any atom is -0.444 e. The van der Waals surface area contributed by atoms with Crippen molar-refractivity contribution in [1.82, 2.24) is 4.90 Å². The largest absolute Gasteiger partial charge is 0.444 e. The Labute approximate surface area is 140 Å². The van der Waals surface area contributed by atoms with E-state index in [1.54, 1.807) is 0 Å². The molecule has 0 bridgehead atoms. The van der Waals surface area contributed by atoms with Crippen LogP contribution < -0.4 is 5.73 Å². The van der Waals surface area contributed by atoms with Crippen LogP contribution in [0.1, 0.15) is 52.7 Å². The predicted octanol–water partition coefficient (Wildman–Crippen LogP) is 4.02. The van der Waals surface area contributed by atoms with Crippen LogP contribution in [0.5, 0.6) is 0 Å². The summed E-state index contributed by atoms with van der Waals surface area (Å²) in [6.07, 6.45) is 1.42. The summed E-state index contributed by atoms with van der Waals surface area (Å²) in [5.74, 6) is 0. The van der Waals surface area contributed by atoms with Crippen LogP contribution in [0.2, 0.25) is 0 Å². The van der Waals surface area contributed by atoms with Crippen LogP contribution in [-0.4, -0.2) is 29.2 Å². The number of carbonyl (C=O) groups excluding carboxylic acids is 1. The monoisotopic (exact) mass is 318 g/mol. The Hall–Kier alpha value is -1.71. The highest BCUT2D eigenvalue weighted by Gasteiger charge is 2.37. The molecule has 0 saturated carbocycles. The number of benzene rings is 1. The zero-order chi connectivity index (χ0) is 17.4. The Morgan fingerprint density at radius 1 is 1.17 bits per heavy atom. The fraction of sp³-hybridized carbons (Fsp3) is 0.632. The molecule has 0 spiro atoms. The van der Waals surface area contributed by atoms with E-state index in [1.165, 1.54) is 11.1 Å². The lowest BCUT2D eigenvalue weighted by Crippen LogP contribution is -2.50. The molecule has 2 N–H and O–H groups in total. The molecule has 1 atom stereocenters. The van der Waals surface area contributed by atoms with Gasteiger partial charge < -0.3 is 15.4 Å². The zero-order valence-corrected chi connectivity index (χ0v) is 15.3. The quantitative estimate of drug-likeness (QED) is 0.735. The molecule has 23 heavy (non-hydrogen) atoms. The van der Waals surface area contributed by atoms with Crippen molar-refractivity contribution in [2.75, 3.05) is 12.3 Å². The fourth-order valence-corrected chi connectivity index (χ4v) is 3.11. The molecule has 0 saturated heterocycles. The summed E-state index contributed by atoms with van der Waals surface area (Å²) >= 11 is 0. The molecule has 1 aromatic rings. The molecule has 0 radical (unpaired) electrons. The summed E-state index contributed by atoms with van der Waals surface area (Å²) in [7, 11) is 0. The van der Waals surface area contributed by atoms with Gasteiger partial charge in [-0.1, -0.05) is 26.8 Å². The van der Waals surface area contributed by atoms with Crippen LogP contribution in [0.3, 0.4) is 0 Å². The van der Waals surface area contributed by atoms with Crippen molar-refractivity contribution < 1.29 is 9.53 Å². The Morgan fingerprint density at radius 3 is 2.39 bits per heavy atom. The van der Waals surface area contributed by atoms with Gasteiger partial charge in [0.05, 0.1) is 0 Å². The molecule has 1 aromatic carbocycles. The van der Waals surface area contributed by atoms with E-state index in [-0.39, 0.29) is 17.6 Å². The van der Waals surface area contributed by atoms with Gasteiger partial charge in [0.15, 0.2) is 0 Å². The van der Waals surface area contributed by atoms with Crippen molar-refractivity contribution in [1.29, 1.82) is 0 Å². The van der Waals surface area contributed by atoms with Gasteiger partial charge in [-0.25, -0.2) is 4.79 Å². The number of nitrogen functional groups attached to an aromatic ring is 1. The highest BCUT2D eigenvalue weighted by Crippen LogP contribution is 2.33. The lowest BCUT2D eigenvalue weighted by molar-refractivity contribution is 0.00354. The SMILES string of the molecule is CC(C)(C)OC(=O)N1CCc2ccc(N)cc2CC1C(C)(C)C. The van der Waals surface area contributed by atoms with Gasteiger partial charge in [-0.15, -0.1) is 0 Å². The minimum absolute atomic E-state index is 0.0386. The molecule has 2 rings (SSSR count). The molecule has 4 nitrogen and oxygen atoms in total. The van der Waals surface area contributed by atoms with Crippen LogP contribution in [0.15, 0.2) is 18.2 Å². The third-order valence-corrected chi connectivity index (χ3v) is 4.27. The molecule has 1 unspecified atom stereocenters. The van der Waals surface area contributed by atoms with Crippen molar-refractivity contribution in [3.8, 4) is 0 Å². The standard InChI is InChI=1S/C19H30N2O2/c1-18(2,3)16-12-14-11-15(20)8-7-13(14)9-10-21(16)17(22)23-19(4,5)6/h7-8,11,16H,9-10,12,20H2,1-6H3. The van der Waals surface area contributed by atoms with Crippen LogP contribution in [0, 0.1) is 5.41 Å². The minimum atomic E-state index is -0.483. The predicted molar refractivity (Wildman–Crippen MR) is 94.4 cm³/mol. The van der Waals surface area contributed by atoms with E-state index >= 15 is 0 Å². The number of amides is 1. The van der Waals surface area contributed by atoms with Gasteiger partial charge in [0.2, 0.25) is 0 Å². The maximum atomic E-state index is 12.7. The first kappa shape index (κ1) is 17.6. The van der Waals surface area contributed by atoms with E-state index in [1.807, 2.05) is 37.8 Å².